The van der Waals surface area contributed by atoms with E-state index in [0.29, 0.717) is 11.4 Å². The van der Waals surface area contributed by atoms with Crippen LogP contribution in [0.5, 0.6) is 0 Å². The smallest absolute Gasteiger partial charge is 0.240 e. The zero-order chi connectivity index (χ0) is 13.8. The van der Waals surface area contributed by atoms with E-state index in [1.54, 1.807) is 24.3 Å². The van der Waals surface area contributed by atoms with E-state index in [4.69, 9.17) is 0 Å². The summed E-state index contributed by atoms with van der Waals surface area (Å²) in [4.78, 5) is 2.33. The Hall–Kier alpha value is -0.430. The van der Waals surface area contributed by atoms with Gasteiger partial charge in [-0.05, 0) is 44.3 Å². The number of nitrogens with zero attached hydrogens (tertiary/aromatic N) is 1. The lowest BCUT2D eigenvalue weighted by Crippen LogP contribution is -2.32. The zero-order valence-electron chi connectivity index (χ0n) is 10.9. The first-order valence-electron chi connectivity index (χ1n) is 5.71. The molecule has 0 aliphatic rings. The maximum atomic E-state index is 12.0. The molecule has 18 heavy (non-hydrogen) atoms. The molecule has 0 aromatic heterocycles. The molecular formula is C12H19BrN2O2S. The van der Waals surface area contributed by atoms with Crippen molar-refractivity contribution in [2.45, 2.75) is 11.8 Å². The number of sulfonamides is 1. The molecule has 1 aromatic carbocycles. The molecular weight excluding hydrogens is 316 g/mol. The average Bonchev–Trinajstić information content (AvgIpc) is 2.26. The first-order valence-corrected chi connectivity index (χ1v) is 7.99. The molecule has 0 radical (unpaired) electrons. The highest BCUT2D eigenvalue weighted by atomic mass is 79.9. The number of hydrogen-bond acceptors (Lipinski definition) is 3. The van der Waals surface area contributed by atoms with Crippen LogP contribution in [0.4, 0.5) is 0 Å². The molecule has 0 aliphatic carbocycles. The second kappa shape index (κ2) is 6.65. The Labute approximate surface area is 118 Å². The fourth-order valence-electron chi connectivity index (χ4n) is 1.64. The standard InChI is InChI=1S/C12H19BrN2O2S/c1-10(9-15(2)3)8-14-18(16,17)12-6-4-11(13)5-7-12/h4-7,10,14H,8-9H2,1-3H3/t10-/m0/s1. The minimum Gasteiger partial charge on any atom is -0.309 e. The Morgan fingerprint density at radius 2 is 1.83 bits per heavy atom. The number of halogens is 1. The molecule has 1 rings (SSSR count). The van der Waals surface area contributed by atoms with Crippen molar-refractivity contribution in [3.05, 3.63) is 28.7 Å². The molecule has 0 bridgehead atoms. The lowest BCUT2D eigenvalue weighted by atomic mass is 10.2. The highest BCUT2D eigenvalue weighted by Gasteiger charge is 2.15. The van der Waals surface area contributed by atoms with E-state index in [0.717, 1.165) is 11.0 Å². The van der Waals surface area contributed by atoms with Crippen molar-refractivity contribution in [2.24, 2.45) is 5.92 Å². The van der Waals surface area contributed by atoms with Gasteiger partial charge in [-0.3, -0.25) is 0 Å². The van der Waals surface area contributed by atoms with Gasteiger partial charge in [-0.2, -0.15) is 0 Å². The van der Waals surface area contributed by atoms with E-state index in [2.05, 4.69) is 20.7 Å². The quantitative estimate of drug-likeness (QED) is 0.864. The van der Waals surface area contributed by atoms with Gasteiger partial charge >= 0.3 is 0 Å². The van der Waals surface area contributed by atoms with Gasteiger partial charge in [-0.15, -0.1) is 0 Å². The molecule has 1 N–H and O–H groups in total. The van der Waals surface area contributed by atoms with Gasteiger partial charge in [0.1, 0.15) is 0 Å². The molecule has 1 atom stereocenters. The van der Waals surface area contributed by atoms with Gasteiger partial charge in [0.05, 0.1) is 4.90 Å². The van der Waals surface area contributed by atoms with Crippen LogP contribution in [0, 0.1) is 5.92 Å². The van der Waals surface area contributed by atoms with E-state index in [1.807, 2.05) is 25.9 Å². The predicted octanol–water partition coefficient (Wildman–Crippen LogP) is 1.93. The summed E-state index contributed by atoms with van der Waals surface area (Å²) in [5.41, 5.74) is 0. The SMILES string of the molecule is C[C@@H](CNS(=O)(=O)c1ccc(Br)cc1)CN(C)C. The first-order chi connectivity index (χ1) is 8.31. The van der Waals surface area contributed by atoms with Crippen molar-refractivity contribution < 1.29 is 8.42 Å². The van der Waals surface area contributed by atoms with Crippen LogP contribution in [0.1, 0.15) is 6.92 Å². The van der Waals surface area contributed by atoms with Crippen LogP contribution < -0.4 is 4.72 Å². The maximum absolute atomic E-state index is 12.0. The molecule has 1 aromatic rings. The van der Waals surface area contributed by atoms with E-state index in [9.17, 15) is 8.42 Å². The van der Waals surface area contributed by atoms with E-state index < -0.39 is 10.0 Å². The molecule has 0 fully saturated rings. The van der Waals surface area contributed by atoms with Crippen molar-refractivity contribution in [3.63, 3.8) is 0 Å². The van der Waals surface area contributed by atoms with Crippen molar-refractivity contribution in [3.8, 4) is 0 Å². The molecule has 0 amide bonds. The van der Waals surface area contributed by atoms with Crippen molar-refractivity contribution in [2.75, 3.05) is 27.2 Å². The monoisotopic (exact) mass is 334 g/mol. The molecule has 0 spiro atoms. The second-order valence-corrected chi connectivity index (χ2v) is 7.36. The van der Waals surface area contributed by atoms with Gasteiger partial charge in [-0.25, -0.2) is 13.1 Å². The minimum atomic E-state index is -3.40. The van der Waals surface area contributed by atoms with Crippen LogP contribution >= 0.6 is 15.9 Å². The van der Waals surface area contributed by atoms with Crippen LogP contribution in [0.25, 0.3) is 0 Å². The molecule has 0 saturated carbocycles. The average molecular weight is 335 g/mol. The van der Waals surface area contributed by atoms with Crippen molar-refractivity contribution in [1.82, 2.24) is 9.62 Å². The lowest BCUT2D eigenvalue weighted by Gasteiger charge is -2.17. The Morgan fingerprint density at radius 1 is 1.28 bits per heavy atom. The molecule has 102 valence electrons. The van der Waals surface area contributed by atoms with Gasteiger partial charge < -0.3 is 4.90 Å². The minimum absolute atomic E-state index is 0.269. The number of nitrogens with one attached hydrogen (secondary N) is 1. The highest BCUT2D eigenvalue weighted by molar-refractivity contribution is 9.10. The van der Waals surface area contributed by atoms with Gasteiger partial charge in [0.2, 0.25) is 10.0 Å². The van der Waals surface area contributed by atoms with Crippen LogP contribution in [0.3, 0.4) is 0 Å². The molecule has 0 heterocycles. The Bertz CT molecular complexity index is 471. The van der Waals surface area contributed by atoms with Gasteiger partial charge in [0.15, 0.2) is 0 Å². The summed E-state index contributed by atoms with van der Waals surface area (Å²) in [6.45, 7) is 3.31. The van der Waals surface area contributed by atoms with Crippen molar-refractivity contribution >= 4 is 26.0 Å². The molecule has 0 unspecified atom stereocenters. The Kier molecular flexibility index (Phi) is 5.78. The summed E-state index contributed by atoms with van der Waals surface area (Å²) in [6.07, 6.45) is 0. The molecule has 0 saturated heterocycles. The number of benzene rings is 1. The summed E-state index contributed by atoms with van der Waals surface area (Å²) in [5.74, 6) is 0.269. The number of rotatable bonds is 6. The molecule has 6 heteroatoms. The van der Waals surface area contributed by atoms with Gasteiger partial charge in [-0.1, -0.05) is 22.9 Å². The van der Waals surface area contributed by atoms with E-state index >= 15 is 0 Å². The van der Waals surface area contributed by atoms with Crippen molar-refractivity contribution in [1.29, 1.82) is 0 Å². The summed E-state index contributed by atoms with van der Waals surface area (Å²) in [5, 5.41) is 0. The Balaban J connectivity index is 2.63. The highest BCUT2D eigenvalue weighted by Crippen LogP contribution is 2.14. The van der Waals surface area contributed by atoms with Gasteiger partial charge in [0.25, 0.3) is 0 Å². The van der Waals surface area contributed by atoms with E-state index in [1.165, 1.54) is 0 Å². The molecule has 4 nitrogen and oxygen atoms in total. The third-order valence-electron chi connectivity index (χ3n) is 2.42. The predicted molar refractivity (Wildman–Crippen MR) is 77.0 cm³/mol. The summed E-state index contributed by atoms with van der Waals surface area (Å²) in [7, 11) is 0.547. The topological polar surface area (TPSA) is 49.4 Å². The zero-order valence-corrected chi connectivity index (χ0v) is 13.3. The van der Waals surface area contributed by atoms with Crippen LogP contribution in [0.2, 0.25) is 0 Å². The molecule has 0 aliphatic heterocycles. The fourth-order valence-corrected chi connectivity index (χ4v) is 3.07. The largest absolute Gasteiger partial charge is 0.309 e. The van der Waals surface area contributed by atoms with Crippen LogP contribution in [-0.2, 0) is 10.0 Å². The fraction of sp³-hybridized carbons (Fsp3) is 0.500. The van der Waals surface area contributed by atoms with E-state index in [-0.39, 0.29) is 5.92 Å². The third kappa shape index (κ3) is 5.06. The third-order valence-corrected chi connectivity index (χ3v) is 4.39. The summed E-state index contributed by atoms with van der Waals surface area (Å²) < 4.78 is 27.5. The van der Waals surface area contributed by atoms with Crippen LogP contribution in [-0.4, -0.2) is 40.5 Å². The first kappa shape index (κ1) is 15.6. The number of hydrogen-bond donors (Lipinski definition) is 1. The van der Waals surface area contributed by atoms with Gasteiger partial charge in [0, 0.05) is 17.6 Å². The normalized spacial score (nSPS) is 13.8. The summed E-state index contributed by atoms with van der Waals surface area (Å²) in [6, 6.07) is 6.61. The Morgan fingerprint density at radius 3 is 2.33 bits per heavy atom. The maximum Gasteiger partial charge on any atom is 0.240 e. The van der Waals surface area contributed by atoms with Crippen LogP contribution in [0.15, 0.2) is 33.6 Å². The second-order valence-electron chi connectivity index (χ2n) is 4.67. The summed E-state index contributed by atoms with van der Waals surface area (Å²) >= 11 is 3.28. The lowest BCUT2D eigenvalue weighted by molar-refractivity contribution is 0.339.